The minimum Gasteiger partial charge on any atom is -0.224 e. The van der Waals surface area contributed by atoms with Crippen LogP contribution in [-0.2, 0) is 0 Å². The van der Waals surface area contributed by atoms with Crippen LogP contribution >= 0.6 is 0 Å². The molecule has 0 aromatic carbocycles. The van der Waals surface area contributed by atoms with E-state index >= 15 is 0 Å². The van der Waals surface area contributed by atoms with Crippen LogP contribution in [0, 0.1) is 5.92 Å². The van der Waals surface area contributed by atoms with E-state index in [2.05, 4.69) is 0 Å². The molecule has 0 spiro atoms. The minimum atomic E-state index is -6.28. The van der Waals surface area contributed by atoms with Crippen molar-refractivity contribution in [3.8, 4) is 0 Å². The van der Waals surface area contributed by atoms with Gasteiger partial charge in [-0.3, -0.25) is 0 Å². The summed E-state index contributed by atoms with van der Waals surface area (Å²) in [4.78, 5) is 0. The van der Waals surface area contributed by atoms with Crippen LogP contribution in [-0.4, -0.2) is 30.1 Å². The Morgan fingerprint density at radius 2 is 1.08 bits per heavy atom. The van der Waals surface area contributed by atoms with Crippen molar-refractivity contribution in [2.24, 2.45) is 5.92 Å². The Hall–Kier alpha value is -0.840. The van der Waals surface area contributed by atoms with Gasteiger partial charge in [0.1, 0.15) is 0 Å². The molecule has 1 atom stereocenters. The SMILES string of the molecule is CCC(CCCC(F)(F)C(F)(F)F)CC(F)(C(F)(F)F)C(F)(F)F. The Balaban J connectivity index is 4.99. The number of hydrogen-bond acceptors (Lipinski definition) is 0. The fourth-order valence-electron chi connectivity index (χ4n) is 1.99. The molecular weight excluding hydrogens is 372 g/mol. The summed E-state index contributed by atoms with van der Waals surface area (Å²) in [5.41, 5.74) is -5.55. The summed E-state index contributed by atoms with van der Waals surface area (Å²) >= 11 is 0. The maximum atomic E-state index is 13.5. The van der Waals surface area contributed by atoms with E-state index in [9.17, 15) is 52.7 Å². The van der Waals surface area contributed by atoms with E-state index in [4.69, 9.17) is 0 Å². The highest BCUT2D eigenvalue weighted by Crippen LogP contribution is 2.50. The third-order valence-electron chi connectivity index (χ3n) is 3.56. The zero-order chi connectivity index (χ0) is 19.6. The van der Waals surface area contributed by atoms with E-state index in [-0.39, 0.29) is 0 Å². The Kier molecular flexibility index (Phi) is 6.93. The van der Waals surface area contributed by atoms with Gasteiger partial charge in [0.2, 0.25) is 0 Å². The second-order valence-corrected chi connectivity index (χ2v) is 5.37. The van der Waals surface area contributed by atoms with Crippen molar-refractivity contribution in [3.05, 3.63) is 0 Å². The average molecular weight is 386 g/mol. The minimum absolute atomic E-state index is 0.449. The highest BCUT2D eigenvalue weighted by Gasteiger charge is 2.72. The molecule has 0 aliphatic rings. The van der Waals surface area contributed by atoms with Crippen LogP contribution < -0.4 is 0 Å². The molecule has 0 bridgehead atoms. The Bertz CT molecular complexity index is 374. The third-order valence-corrected chi connectivity index (χ3v) is 3.56. The first-order chi connectivity index (χ1) is 10.4. The Labute approximate surface area is 129 Å². The summed E-state index contributed by atoms with van der Waals surface area (Å²) in [7, 11) is 0. The molecule has 0 aromatic heterocycles. The molecule has 12 heteroatoms. The molecule has 0 aliphatic carbocycles. The van der Waals surface area contributed by atoms with Gasteiger partial charge in [0, 0.05) is 12.8 Å². The number of alkyl halides is 12. The van der Waals surface area contributed by atoms with Gasteiger partial charge in [-0.15, -0.1) is 0 Å². The Morgan fingerprint density at radius 1 is 0.667 bits per heavy atom. The maximum absolute atomic E-state index is 13.5. The lowest BCUT2D eigenvalue weighted by Crippen LogP contribution is -2.54. The molecule has 0 amide bonds. The Morgan fingerprint density at radius 3 is 1.38 bits per heavy atom. The highest BCUT2D eigenvalue weighted by atomic mass is 19.4. The van der Waals surface area contributed by atoms with Gasteiger partial charge in [-0.1, -0.05) is 19.8 Å². The quantitative estimate of drug-likeness (QED) is 0.432. The predicted octanol–water partition coefficient (Wildman–Crippen LogP) is 6.60. The molecule has 0 aliphatic heterocycles. The first-order valence-corrected chi connectivity index (χ1v) is 6.66. The zero-order valence-electron chi connectivity index (χ0n) is 12.1. The molecule has 0 saturated carbocycles. The van der Waals surface area contributed by atoms with E-state index in [0.29, 0.717) is 0 Å². The van der Waals surface area contributed by atoms with Crippen molar-refractivity contribution in [2.75, 3.05) is 0 Å². The van der Waals surface area contributed by atoms with Gasteiger partial charge in [-0.2, -0.15) is 48.3 Å². The van der Waals surface area contributed by atoms with Gasteiger partial charge < -0.3 is 0 Å². The van der Waals surface area contributed by atoms with E-state index in [1.54, 1.807) is 0 Å². The topological polar surface area (TPSA) is 0 Å². The average Bonchev–Trinajstić information content (AvgIpc) is 2.32. The summed E-state index contributed by atoms with van der Waals surface area (Å²) < 4.78 is 149. The van der Waals surface area contributed by atoms with Crippen molar-refractivity contribution in [2.45, 2.75) is 69.1 Å². The third kappa shape index (κ3) is 5.33. The van der Waals surface area contributed by atoms with Crippen LogP contribution in [0.25, 0.3) is 0 Å². The fourth-order valence-corrected chi connectivity index (χ4v) is 1.99. The molecular formula is C12H14F12. The molecule has 0 saturated heterocycles. The van der Waals surface area contributed by atoms with Gasteiger partial charge in [0.05, 0.1) is 0 Å². The fraction of sp³-hybridized carbons (Fsp3) is 1.00. The summed E-state index contributed by atoms with van der Waals surface area (Å²) in [6, 6.07) is 0. The molecule has 0 heterocycles. The molecule has 146 valence electrons. The van der Waals surface area contributed by atoms with Crippen LogP contribution in [0.2, 0.25) is 0 Å². The van der Waals surface area contributed by atoms with Crippen LogP contribution in [0.3, 0.4) is 0 Å². The largest absolute Gasteiger partial charge is 0.453 e. The smallest absolute Gasteiger partial charge is 0.224 e. The summed E-state index contributed by atoms with van der Waals surface area (Å²) in [5, 5.41) is 0. The van der Waals surface area contributed by atoms with Crippen molar-refractivity contribution >= 4 is 0 Å². The monoisotopic (exact) mass is 386 g/mol. The van der Waals surface area contributed by atoms with Crippen LogP contribution in [0.1, 0.15) is 39.0 Å². The molecule has 0 fully saturated rings. The van der Waals surface area contributed by atoms with E-state index in [1.165, 1.54) is 0 Å². The molecule has 0 N–H and O–H groups in total. The van der Waals surface area contributed by atoms with Gasteiger partial charge in [0.25, 0.3) is 5.67 Å². The van der Waals surface area contributed by atoms with Gasteiger partial charge in [-0.05, 0) is 12.3 Å². The first kappa shape index (κ1) is 23.2. The lowest BCUT2D eigenvalue weighted by atomic mass is 9.85. The van der Waals surface area contributed by atoms with Gasteiger partial charge in [-0.25, -0.2) is 4.39 Å². The summed E-state index contributed by atoms with van der Waals surface area (Å²) in [6.45, 7) is 1.08. The predicted molar refractivity (Wildman–Crippen MR) is 59.2 cm³/mol. The number of hydrogen-bond donors (Lipinski definition) is 0. The van der Waals surface area contributed by atoms with Crippen LogP contribution in [0.5, 0.6) is 0 Å². The zero-order valence-corrected chi connectivity index (χ0v) is 12.1. The van der Waals surface area contributed by atoms with Gasteiger partial charge in [0.15, 0.2) is 0 Å². The molecule has 0 radical (unpaired) electrons. The van der Waals surface area contributed by atoms with Crippen molar-refractivity contribution in [1.82, 2.24) is 0 Å². The molecule has 1 unspecified atom stereocenters. The number of rotatable bonds is 7. The lowest BCUT2D eigenvalue weighted by Gasteiger charge is -2.33. The molecule has 0 nitrogen and oxygen atoms in total. The molecule has 24 heavy (non-hydrogen) atoms. The first-order valence-electron chi connectivity index (χ1n) is 6.66. The second-order valence-electron chi connectivity index (χ2n) is 5.37. The van der Waals surface area contributed by atoms with E-state index in [0.717, 1.165) is 6.92 Å². The summed E-state index contributed by atoms with van der Waals surface area (Å²) in [5.74, 6) is -6.78. The van der Waals surface area contributed by atoms with E-state index in [1.807, 2.05) is 0 Å². The van der Waals surface area contributed by atoms with Crippen LogP contribution in [0.15, 0.2) is 0 Å². The van der Waals surface area contributed by atoms with Gasteiger partial charge >= 0.3 is 24.5 Å². The number of halogens is 12. The summed E-state index contributed by atoms with van der Waals surface area (Å²) in [6.07, 6.45) is -24.6. The van der Waals surface area contributed by atoms with Crippen molar-refractivity contribution in [3.63, 3.8) is 0 Å². The molecule has 0 aromatic rings. The van der Waals surface area contributed by atoms with E-state index < -0.39 is 68.1 Å². The lowest BCUT2D eigenvalue weighted by molar-refractivity contribution is -0.346. The maximum Gasteiger partial charge on any atom is 0.453 e. The highest BCUT2D eigenvalue weighted by molar-refractivity contribution is 4.96. The normalized spacial score (nSPS) is 16.4. The second kappa shape index (κ2) is 7.19. The standard InChI is InChI=1S/C12H14F12/c1-2-7(4-3-5-9(14,15)12(22,23)24)6-8(13,10(16,17)18)11(19,20)21/h7H,2-6H2,1H3. The van der Waals surface area contributed by atoms with Crippen molar-refractivity contribution in [1.29, 1.82) is 0 Å². The van der Waals surface area contributed by atoms with Crippen LogP contribution in [0.4, 0.5) is 52.7 Å². The van der Waals surface area contributed by atoms with Crippen molar-refractivity contribution < 1.29 is 52.7 Å². The molecule has 0 rings (SSSR count).